The summed E-state index contributed by atoms with van der Waals surface area (Å²) in [5, 5.41) is 9.56. The number of hydrogen-bond acceptors (Lipinski definition) is 3. The molecule has 0 aromatic heterocycles. The number of ketones is 1. The lowest BCUT2D eigenvalue weighted by Gasteiger charge is -2.36. The van der Waals surface area contributed by atoms with Crippen molar-refractivity contribution in [3.05, 3.63) is 12.2 Å². The summed E-state index contributed by atoms with van der Waals surface area (Å²) in [4.78, 5) is 12.1. The molecule has 0 radical (unpaired) electrons. The molecule has 0 saturated heterocycles. The van der Waals surface area contributed by atoms with Crippen LogP contribution in [0.5, 0.6) is 0 Å². The number of aliphatic hydroxyl groups is 1. The van der Waals surface area contributed by atoms with Crippen molar-refractivity contribution in [3.63, 3.8) is 0 Å². The molecule has 0 amide bonds. The minimum absolute atomic E-state index is 0. The number of aliphatic hydroxyl groups excluding tert-OH is 1. The number of carbonyl (C=O) groups is 1. The van der Waals surface area contributed by atoms with Crippen molar-refractivity contribution in [2.24, 2.45) is 0 Å². The molecule has 4 nitrogen and oxygen atoms in total. The zero-order valence-electron chi connectivity index (χ0n) is 13.4. The molecule has 0 spiro atoms. The number of ether oxygens (including phenoxy) is 1. The van der Waals surface area contributed by atoms with E-state index in [0.29, 0.717) is 17.6 Å². The van der Waals surface area contributed by atoms with E-state index in [4.69, 9.17) is 4.74 Å². The van der Waals surface area contributed by atoms with E-state index in [-0.39, 0.29) is 18.2 Å². The Morgan fingerprint density at radius 2 is 1.95 bits per heavy atom. The number of carbonyl (C=O) groups excluding carboxylic acids is 1. The Kier molecular flexibility index (Phi) is 12.3. The van der Waals surface area contributed by atoms with Crippen LogP contribution in [0.25, 0.3) is 0 Å². The van der Waals surface area contributed by atoms with Crippen molar-refractivity contribution in [1.29, 1.82) is 0 Å². The lowest BCUT2D eigenvalue weighted by atomic mass is 10.2. The average molecular weight is 308 g/mol. The summed E-state index contributed by atoms with van der Waals surface area (Å²) in [6.07, 6.45) is 5.47. The highest BCUT2D eigenvalue weighted by atomic mass is 35.5. The minimum atomic E-state index is -0.539. The lowest BCUT2D eigenvalue weighted by molar-refractivity contribution is -0.929. The van der Waals surface area contributed by atoms with E-state index in [0.717, 1.165) is 19.3 Å². The topological polar surface area (TPSA) is 46.5 Å². The number of nitrogens with zero attached hydrogens (tertiary/aromatic N) is 1. The molecule has 0 bridgehead atoms. The number of allylic oxidation sites excluding steroid dienone is 1. The third kappa shape index (κ3) is 8.69. The van der Waals surface area contributed by atoms with Gasteiger partial charge in [-0.1, -0.05) is 25.8 Å². The van der Waals surface area contributed by atoms with Gasteiger partial charge in [0.15, 0.2) is 0 Å². The fourth-order valence-electron chi connectivity index (χ4n) is 2.20. The van der Waals surface area contributed by atoms with E-state index in [2.05, 4.69) is 6.92 Å². The molecule has 0 heterocycles. The molecular formula is C15H30ClNO3. The zero-order chi connectivity index (χ0) is 14.9. The van der Waals surface area contributed by atoms with Crippen LogP contribution in [0.15, 0.2) is 12.2 Å². The second-order valence-electron chi connectivity index (χ2n) is 5.64. The fraction of sp³-hybridized carbons (Fsp3) is 0.800. The van der Waals surface area contributed by atoms with Gasteiger partial charge in [-0.05, 0) is 26.3 Å². The van der Waals surface area contributed by atoms with Gasteiger partial charge in [0.05, 0.1) is 20.7 Å². The molecule has 0 aliphatic heterocycles. The summed E-state index contributed by atoms with van der Waals surface area (Å²) < 4.78 is 6.12. The average Bonchev–Trinajstić information content (AvgIpc) is 2.26. The van der Waals surface area contributed by atoms with Gasteiger partial charge < -0.3 is 22.3 Å². The van der Waals surface area contributed by atoms with Crippen LogP contribution < -0.4 is 12.4 Å². The van der Waals surface area contributed by atoms with Crippen LogP contribution in [0.1, 0.15) is 40.0 Å². The first-order chi connectivity index (χ1) is 8.85. The Morgan fingerprint density at radius 3 is 2.40 bits per heavy atom. The second kappa shape index (κ2) is 11.3. The summed E-state index contributed by atoms with van der Waals surface area (Å²) in [5.74, 6) is -0.0374. The van der Waals surface area contributed by atoms with Crippen molar-refractivity contribution in [3.8, 4) is 0 Å². The maximum Gasteiger partial charge on any atom is 0.257 e. The zero-order valence-corrected chi connectivity index (χ0v) is 14.2. The molecule has 0 aromatic carbocycles. The van der Waals surface area contributed by atoms with Crippen LogP contribution >= 0.6 is 0 Å². The van der Waals surface area contributed by atoms with Crippen molar-refractivity contribution in [2.75, 3.05) is 27.2 Å². The highest BCUT2D eigenvalue weighted by Gasteiger charge is 2.35. The summed E-state index contributed by atoms with van der Waals surface area (Å²) in [6, 6.07) is 0. The predicted molar refractivity (Wildman–Crippen MR) is 77.7 cm³/mol. The molecule has 0 aromatic rings. The van der Waals surface area contributed by atoms with Gasteiger partial charge in [0.25, 0.3) is 6.23 Å². The van der Waals surface area contributed by atoms with Crippen LogP contribution in [0.2, 0.25) is 0 Å². The van der Waals surface area contributed by atoms with E-state index in [1.54, 1.807) is 19.1 Å². The van der Waals surface area contributed by atoms with E-state index >= 15 is 0 Å². The summed E-state index contributed by atoms with van der Waals surface area (Å²) >= 11 is 0. The second-order valence-corrected chi connectivity index (χ2v) is 5.64. The smallest absolute Gasteiger partial charge is 0.257 e. The van der Waals surface area contributed by atoms with Crippen LogP contribution in [-0.2, 0) is 9.53 Å². The van der Waals surface area contributed by atoms with Crippen molar-refractivity contribution < 1.29 is 31.5 Å². The Morgan fingerprint density at radius 1 is 1.35 bits per heavy atom. The van der Waals surface area contributed by atoms with Gasteiger partial charge in [-0.25, -0.2) is 0 Å². The number of rotatable bonds is 10. The number of hydrogen-bond donors (Lipinski definition) is 1. The molecule has 0 aliphatic rings. The quantitative estimate of drug-likeness (QED) is 0.247. The van der Waals surface area contributed by atoms with Crippen molar-refractivity contribution >= 4 is 5.78 Å². The molecular weight excluding hydrogens is 278 g/mol. The summed E-state index contributed by atoms with van der Waals surface area (Å²) in [6.45, 7) is 6.76. The van der Waals surface area contributed by atoms with Gasteiger partial charge in [0.1, 0.15) is 12.6 Å². The Hall–Kier alpha value is -0.420. The van der Waals surface area contributed by atoms with Crippen LogP contribution in [0.4, 0.5) is 0 Å². The molecule has 0 rings (SSSR count). The van der Waals surface area contributed by atoms with E-state index < -0.39 is 12.3 Å². The van der Waals surface area contributed by atoms with Gasteiger partial charge >= 0.3 is 0 Å². The van der Waals surface area contributed by atoms with Crippen LogP contribution in [-0.4, -0.2) is 55.0 Å². The fourth-order valence-corrected chi connectivity index (χ4v) is 2.20. The predicted octanol–water partition coefficient (Wildman–Crippen LogP) is -0.874. The lowest BCUT2D eigenvalue weighted by Crippen LogP contribution is -3.00. The SMILES string of the molecule is CC=CC(=O)C(OCCCCC)[N+](C)(C)CC(C)O.[Cl-]. The number of likely N-dealkylation sites (N-methyl/N-ethyl adjacent to an activating group) is 1. The van der Waals surface area contributed by atoms with Gasteiger partial charge in [-0.3, -0.25) is 9.28 Å². The standard InChI is InChI=1S/C15H30NO3.ClH/c1-6-8-9-11-19-15(14(18)10-7-2)16(4,5)12-13(3)17;/h7,10,13,15,17H,6,8-9,11-12H2,1-5H3;1H/q+1;/p-1. The first-order valence-electron chi connectivity index (χ1n) is 7.14. The van der Waals surface area contributed by atoms with Crippen molar-refractivity contribution in [1.82, 2.24) is 0 Å². The monoisotopic (exact) mass is 307 g/mol. The molecule has 120 valence electrons. The maximum absolute atomic E-state index is 12.1. The first-order valence-corrected chi connectivity index (χ1v) is 7.14. The summed E-state index contributed by atoms with van der Waals surface area (Å²) in [5.41, 5.74) is 0. The van der Waals surface area contributed by atoms with E-state index in [9.17, 15) is 9.90 Å². The van der Waals surface area contributed by atoms with Crippen molar-refractivity contribution in [2.45, 2.75) is 52.4 Å². The Bertz CT molecular complexity index is 291. The molecule has 0 aliphatic carbocycles. The van der Waals surface area contributed by atoms with Crippen LogP contribution in [0, 0.1) is 0 Å². The molecule has 2 atom stereocenters. The van der Waals surface area contributed by atoms with Gasteiger partial charge in [0.2, 0.25) is 5.78 Å². The third-order valence-electron chi connectivity index (χ3n) is 2.97. The van der Waals surface area contributed by atoms with Gasteiger partial charge in [-0.2, -0.15) is 0 Å². The maximum atomic E-state index is 12.1. The number of unbranched alkanes of at least 4 members (excludes halogenated alkanes) is 2. The third-order valence-corrected chi connectivity index (χ3v) is 2.97. The highest BCUT2D eigenvalue weighted by molar-refractivity contribution is 5.92. The van der Waals surface area contributed by atoms with Crippen LogP contribution in [0.3, 0.4) is 0 Å². The Labute approximate surface area is 129 Å². The molecule has 0 fully saturated rings. The van der Waals surface area contributed by atoms with E-state index in [1.807, 2.05) is 21.0 Å². The highest BCUT2D eigenvalue weighted by Crippen LogP contribution is 2.13. The first kappa shape index (κ1) is 21.9. The largest absolute Gasteiger partial charge is 1.00 e. The number of halogens is 1. The van der Waals surface area contributed by atoms with E-state index in [1.165, 1.54) is 0 Å². The van der Waals surface area contributed by atoms with Gasteiger partial charge in [-0.15, -0.1) is 0 Å². The molecule has 1 N–H and O–H groups in total. The Balaban J connectivity index is 0. The molecule has 20 heavy (non-hydrogen) atoms. The summed E-state index contributed by atoms with van der Waals surface area (Å²) in [7, 11) is 3.83. The normalized spacial score (nSPS) is 14.9. The van der Waals surface area contributed by atoms with Gasteiger partial charge in [0, 0.05) is 0 Å². The molecule has 0 saturated carbocycles. The minimum Gasteiger partial charge on any atom is -1.00 e. The molecule has 5 heteroatoms. The number of quaternary nitrogens is 1. The molecule has 2 unspecified atom stereocenters.